The normalized spacial score (nSPS) is 29.5. The van der Waals surface area contributed by atoms with Crippen LogP contribution in [0.3, 0.4) is 0 Å². The summed E-state index contributed by atoms with van der Waals surface area (Å²) >= 11 is 0. The first kappa shape index (κ1) is 14.1. The highest BCUT2D eigenvalue weighted by atomic mass is 16.6. The summed E-state index contributed by atoms with van der Waals surface area (Å²) in [6.45, 7) is 6.13. The Morgan fingerprint density at radius 3 is 2.26 bits per heavy atom. The van der Waals surface area contributed by atoms with Gasteiger partial charge in [-0.2, -0.15) is 0 Å². The van der Waals surface area contributed by atoms with Crippen LogP contribution < -0.4 is 0 Å². The number of rotatable bonds is 4. The summed E-state index contributed by atoms with van der Waals surface area (Å²) in [7, 11) is 0. The Labute approximate surface area is 114 Å². The van der Waals surface area contributed by atoms with Crippen LogP contribution in [0.15, 0.2) is 11.6 Å². The van der Waals surface area contributed by atoms with Crippen molar-refractivity contribution < 1.29 is 19.1 Å². The number of hydrogen-bond acceptors (Lipinski definition) is 4. The highest BCUT2D eigenvalue weighted by Gasteiger charge is 2.60. The van der Waals surface area contributed by atoms with Crippen LogP contribution in [0, 0.1) is 17.3 Å². The van der Waals surface area contributed by atoms with E-state index in [0.29, 0.717) is 37.9 Å². The van der Waals surface area contributed by atoms with Crippen LogP contribution in [0.2, 0.25) is 0 Å². The molecule has 4 nitrogen and oxygen atoms in total. The molecule has 0 N–H and O–H groups in total. The summed E-state index contributed by atoms with van der Waals surface area (Å²) in [5.41, 5.74) is 0.298. The van der Waals surface area contributed by atoms with Crippen molar-refractivity contribution in [3.05, 3.63) is 11.6 Å². The average Bonchev–Trinajstić information content (AvgIpc) is 2.67. The van der Waals surface area contributed by atoms with Gasteiger partial charge in [-0.3, -0.25) is 9.59 Å². The maximum atomic E-state index is 12.3. The van der Waals surface area contributed by atoms with Crippen molar-refractivity contribution in [1.82, 2.24) is 0 Å². The molecule has 106 valence electrons. The summed E-state index contributed by atoms with van der Waals surface area (Å²) in [6.07, 6.45) is 4.23. The van der Waals surface area contributed by atoms with Crippen molar-refractivity contribution in [1.29, 1.82) is 0 Å². The van der Waals surface area contributed by atoms with Gasteiger partial charge in [-0.05, 0) is 51.9 Å². The highest BCUT2D eigenvalue weighted by Crippen LogP contribution is 2.58. The molecule has 0 saturated heterocycles. The van der Waals surface area contributed by atoms with Crippen molar-refractivity contribution in [2.45, 2.75) is 40.0 Å². The molecule has 2 aliphatic rings. The van der Waals surface area contributed by atoms with E-state index in [0.717, 1.165) is 6.42 Å². The van der Waals surface area contributed by atoms with Crippen molar-refractivity contribution in [3.63, 3.8) is 0 Å². The Morgan fingerprint density at radius 2 is 1.79 bits per heavy atom. The van der Waals surface area contributed by atoms with E-state index in [2.05, 4.69) is 6.08 Å². The number of allylic oxidation sites excluding steroid dienone is 2. The van der Waals surface area contributed by atoms with Gasteiger partial charge in [0.15, 0.2) is 5.41 Å². The smallest absolute Gasteiger partial charge is 0.323 e. The first-order valence-corrected chi connectivity index (χ1v) is 7.08. The zero-order chi connectivity index (χ0) is 14.0. The molecular weight excluding hydrogens is 244 g/mol. The Kier molecular flexibility index (Phi) is 3.97. The van der Waals surface area contributed by atoms with Gasteiger partial charge in [0.2, 0.25) is 0 Å². The van der Waals surface area contributed by atoms with Gasteiger partial charge in [0.1, 0.15) is 0 Å². The molecule has 2 atom stereocenters. The van der Waals surface area contributed by atoms with Gasteiger partial charge in [0.25, 0.3) is 0 Å². The largest absolute Gasteiger partial charge is 0.465 e. The first-order chi connectivity index (χ1) is 9.08. The molecule has 0 aliphatic heterocycles. The van der Waals surface area contributed by atoms with Crippen LogP contribution in [-0.4, -0.2) is 25.2 Å². The van der Waals surface area contributed by atoms with Crippen LogP contribution in [0.4, 0.5) is 0 Å². The molecule has 2 rings (SSSR count). The standard InChI is InChI=1S/C15H22O4/c1-4-10-7-11-8-15(9-12(10)11,13(16)18-5-2)14(17)19-6-3/h4,11-12H,5-9H2,1-3H3/b10-4+/t11-,12-/m0/s1. The fraction of sp³-hybridized carbons (Fsp3) is 0.733. The van der Waals surface area contributed by atoms with Gasteiger partial charge in [0.05, 0.1) is 13.2 Å². The minimum Gasteiger partial charge on any atom is -0.465 e. The van der Waals surface area contributed by atoms with E-state index in [1.165, 1.54) is 5.57 Å². The molecule has 0 spiro atoms. The molecule has 2 fully saturated rings. The van der Waals surface area contributed by atoms with Crippen LogP contribution in [0.25, 0.3) is 0 Å². The molecule has 0 radical (unpaired) electrons. The van der Waals surface area contributed by atoms with Gasteiger partial charge < -0.3 is 9.47 Å². The van der Waals surface area contributed by atoms with E-state index >= 15 is 0 Å². The van der Waals surface area contributed by atoms with Crippen molar-refractivity contribution >= 4 is 11.9 Å². The molecule has 0 amide bonds. The lowest BCUT2D eigenvalue weighted by Gasteiger charge is -2.33. The SMILES string of the molecule is C/C=C1\C[C@H]2CC(C(=O)OCC)(C(=O)OCC)C[C@@H]12. The third-order valence-corrected chi connectivity index (χ3v) is 4.43. The second-order valence-electron chi connectivity index (χ2n) is 5.37. The maximum Gasteiger partial charge on any atom is 0.323 e. The Balaban J connectivity index is 2.22. The topological polar surface area (TPSA) is 52.6 Å². The maximum absolute atomic E-state index is 12.3. The van der Waals surface area contributed by atoms with Crippen molar-refractivity contribution in [2.24, 2.45) is 17.3 Å². The van der Waals surface area contributed by atoms with Gasteiger partial charge in [-0.25, -0.2) is 0 Å². The van der Waals surface area contributed by atoms with E-state index < -0.39 is 17.4 Å². The van der Waals surface area contributed by atoms with Crippen LogP contribution in [0.5, 0.6) is 0 Å². The zero-order valence-electron chi connectivity index (χ0n) is 11.9. The molecule has 0 aromatic heterocycles. The van der Waals surface area contributed by atoms with Gasteiger partial charge in [-0.15, -0.1) is 0 Å². The molecule has 19 heavy (non-hydrogen) atoms. The summed E-state index contributed by atoms with van der Waals surface area (Å²) < 4.78 is 10.3. The molecule has 0 aromatic carbocycles. The lowest BCUT2D eigenvalue weighted by atomic mass is 9.71. The second kappa shape index (κ2) is 5.35. The molecular formula is C15H22O4. The first-order valence-electron chi connectivity index (χ1n) is 7.08. The van der Waals surface area contributed by atoms with E-state index in [4.69, 9.17) is 9.47 Å². The van der Waals surface area contributed by atoms with E-state index in [-0.39, 0.29) is 0 Å². The summed E-state index contributed by atoms with van der Waals surface area (Å²) in [5.74, 6) is -0.0181. The Hall–Kier alpha value is -1.32. The van der Waals surface area contributed by atoms with E-state index in [1.807, 2.05) is 6.92 Å². The van der Waals surface area contributed by atoms with Crippen LogP contribution in [0.1, 0.15) is 40.0 Å². The van der Waals surface area contributed by atoms with Crippen molar-refractivity contribution in [2.75, 3.05) is 13.2 Å². The minimum absolute atomic E-state index is 0.297. The molecule has 2 aliphatic carbocycles. The summed E-state index contributed by atoms with van der Waals surface area (Å²) in [5, 5.41) is 0. The quantitative estimate of drug-likeness (QED) is 0.445. The average molecular weight is 266 g/mol. The Morgan fingerprint density at radius 1 is 1.21 bits per heavy atom. The van der Waals surface area contributed by atoms with Crippen LogP contribution in [-0.2, 0) is 19.1 Å². The van der Waals surface area contributed by atoms with Gasteiger partial charge in [0, 0.05) is 0 Å². The Bertz CT molecular complexity index is 392. The van der Waals surface area contributed by atoms with E-state index in [9.17, 15) is 9.59 Å². The lowest BCUT2D eigenvalue weighted by Crippen LogP contribution is -2.40. The lowest BCUT2D eigenvalue weighted by molar-refractivity contribution is -0.171. The number of esters is 2. The number of carbonyl (C=O) groups is 2. The fourth-order valence-corrected chi connectivity index (χ4v) is 3.44. The molecule has 2 saturated carbocycles. The number of carbonyl (C=O) groups excluding carboxylic acids is 2. The highest BCUT2D eigenvalue weighted by molar-refractivity contribution is 6.00. The molecule has 0 heterocycles. The number of ether oxygens (including phenoxy) is 2. The fourth-order valence-electron chi connectivity index (χ4n) is 3.44. The summed E-state index contributed by atoms with van der Waals surface area (Å²) in [4.78, 5) is 24.5. The third-order valence-electron chi connectivity index (χ3n) is 4.43. The molecule has 4 heteroatoms. The minimum atomic E-state index is -1.06. The third kappa shape index (κ3) is 2.17. The predicted octanol–water partition coefficient (Wildman–Crippen LogP) is 2.48. The number of fused-ring (bicyclic) bond motifs is 1. The molecule has 0 bridgehead atoms. The summed E-state index contributed by atoms with van der Waals surface area (Å²) in [6, 6.07) is 0. The second-order valence-corrected chi connectivity index (χ2v) is 5.37. The van der Waals surface area contributed by atoms with Gasteiger partial charge in [-0.1, -0.05) is 11.6 Å². The molecule has 0 unspecified atom stereocenters. The van der Waals surface area contributed by atoms with Crippen molar-refractivity contribution in [3.8, 4) is 0 Å². The van der Waals surface area contributed by atoms with Gasteiger partial charge >= 0.3 is 11.9 Å². The zero-order valence-corrected chi connectivity index (χ0v) is 11.9. The monoisotopic (exact) mass is 266 g/mol. The molecule has 0 aromatic rings. The van der Waals surface area contributed by atoms with Crippen LogP contribution >= 0.6 is 0 Å². The predicted molar refractivity (Wildman–Crippen MR) is 70.3 cm³/mol. The number of hydrogen-bond donors (Lipinski definition) is 0. The van der Waals surface area contributed by atoms with E-state index in [1.54, 1.807) is 13.8 Å².